The molecule has 0 unspecified atom stereocenters. The Morgan fingerprint density at radius 3 is 2.41 bits per heavy atom. The van der Waals surface area contributed by atoms with E-state index in [1.807, 2.05) is 6.07 Å². The molecule has 0 amide bonds. The Morgan fingerprint density at radius 2 is 1.86 bits per heavy atom. The van der Waals surface area contributed by atoms with Crippen LogP contribution in [-0.4, -0.2) is 26.7 Å². The maximum Gasteiger partial charge on any atom is 0.264 e. The molecule has 0 fully saturated rings. The third kappa shape index (κ3) is 3.47. The van der Waals surface area contributed by atoms with E-state index in [2.05, 4.69) is 15.9 Å². The summed E-state index contributed by atoms with van der Waals surface area (Å²) in [6.07, 6.45) is 0. The van der Waals surface area contributed by atoms with Crippen LogP contribution in [0.5, 0.6) is 0 Å². The van der Waals surface area contributed by atoms with E-state index in [0.717, 1.165) is 4.31 Å². The van der Waals surface area contributed by atoms with E-state index in [9.17, 15) is 13.5 Å². The number of aliphatic hydroxyl groups is 1. The lowest BCUT2D eigenvalue weighted by Gasteiger charge is -2.23. The van der Waals surface area contributed by atoms with Crippen LogP contribution >= 0.6 is 15.9 Å². The average Bonchev–Trinajstić information content (AvgIpc) is 2.52. The Bertz CT molecular complexity index is 798. The number of benzene rings is 2. The van der Waals surface area contributed by atoms with Crippen LogP contribution in [0.1, 0.15) is 5.56 Å². The SMILES string of the molecule is N#Cc1ccc(N(CCO)S(=O)(=O)c2cccc(Br)c2)cc1. The van der Waals surface area contributed by atoms with Crippen LogP contribution in [0, 0.1) is 11.3 Å². The van der Waals surface area contributed by atoms with Crippen molar-refractivity contribution >= 4 is 31.6 Å². The van der Waals surface area contributed by atoms with Crippen molar-refractivity contribution in [3.63, 3.8) is 0 Å². The first-order chi connectivity index (χ1) is 10.5. The van der Waals surface area contributed by atoms with Gasteiger partial charge >= 0.3 is 0 Å². The van der Waals surface area contributed by atoms with E-state index in [1.165, 1.54) is 24.3 Å². The topological polar surface area (TPSA) is 81.4 Å². The molecule has 0 aliphatic rings. The van der Waals surface area contributed by atoms with Crippen molar-refractivity contribution in [1.29, 1.82) is 5.26 Å². The number of rotatable bonds is 5. The van der Waals surface area contributed by atoms with Crippen molar-refractivity contribution in [3.05, 3.63) is 58.6 Å². The molecule has 0 aliphatic heterocycles. The summed E-state index contributed by atoms with van der Waals surface area (Å²) in [7, 11) is -3.80. The van der Waals surface area contributed by atoms with E-state index in [1.54, 1.807) is 24.3 Å². The van der Waals surface area contributed by atoms with Gasteiger partial charge in [-0.25, -0.2) is 8.42 Å². The molecule has 22 heavy (non-hydrogen) atoms. The van der Waals surface area contributed by atoms with Crippen LogP contribution in [0.3, 0.4) is 0 Å². The molecule has 0 heterocycles. The zero-order valence-electron chi connectivity index (χ0n) is 11.5. The standard InChI is InChI=1S/C15H13BrN2O3S/c16-13-2-1-3-15(10-13)22(20,21)18(8-9-19)14-6-4-12(11-17)5-7-14/h1-7,10,19H,8-9H2. The lowest BCUT2D eigenvalue weighted by Crippen LogP contribution is -2.33. The van der Waals surface area contributed by atoms with Crippen molar-refractivity contribution in [2.75, 3.05) is 17.5 Å². The van der Waals surface area contributed by atoms with Gasteiger partial charge in [-0.15, -0.1) is 0 Å². The summed E-state index contributed by atoms with van der Waals surface area (Å²) in [5.74, 6) is 0. The highest BCUT2D eigenvalue weighted by Crippen LogP contribution is 2.25. The molecular weight excluding hydrogens is 368 g/mol. The Balaban J connectivity index is 2.48. The van der Waals surface area contributed by atoms with E-state index < -0.39 is 10.0 Å². The summed E-state index contributed by atoms with van der Waals surface area (Å²) in [6.45, 7) is -0.381. The Labute approximate surface area is 137 Å². The smallest absolute Gasteiger partial charge is 0.264 e. The largest absolute Gasteiger partial charge is 0.394 e. The molecular formula is C15H13BrN2O3S. The summed E-state index contributed by atoms with van der Waals surface area (Å²) >= 11 is 3.25. The normalized spacial score (nSPS) is 11.0. The van der Waals surface area contributed by atoms with Crippen LogP contribution in [0.2, 0.25) is 0 Å². The zero-order chi connectivity index (χ0) is 16.2. The van der Waals surface area contributed by atoms with E-state index in [0.29, 0.717) is 15.7 Å². The summed E-state index contributed by atoms with van der Waals surface area (Å²) in [6, 6.07) is 14.5. The maximum atomic E-state index is 12.8. The summed E-state index contributed by atoms with van der Waals surface area (Å²) < 4.78 is 27.3. The third-order valence-electron chi connectivity index (χ3n) is 2.97. The fourth-order valence-corrected chi connectivity index (χ4v) is 3.99. The van der Waals surface area contributed by atoms with Gasteiger partial charge in [-0.05, 0) is 42.5 Å². The molecule has 0 bridgehead atoms. The highest BCUT2D eigenvalue weighted by molar-refractivity contribution is 9.10. The number of hydrogen-bond donors (Lipinski definition) is 1. The van der Waals surface area contributed by atoms with E-state index in [4.69, 9.17) is 5.26 Å². The molecule has 2 rings (SSSR count). The fourth-order valence-electron chi connectivity index (χ4n) is 1.94. The lowest BCUT2D eigenvalue weighted by atomic mass is 10.2. The van der Waals surface area contributed by atoms with Gasteiger partial charge in [-0.1, -0.05) is 22.0 Å². The molecule has 1 N–H and O–H groups in total. The molecule has 114 valence electrons. The minimum atomic E-state index is -3.80. The number of aliphatic hydroxyl groups excluding tert-OH is 1. The van der Waals surface area contributed by atoms with Gasteiger partial charge < -0.3 is 5.11 Å². The molecule has 2 aromatic rings. The highest BCUT2D eigenvalue weighted by atomic mass is 79.9. The van der Waals surface area contributed by atoms with Crippen molar-refractivity contribution in [3.8, 4) is 6.07 Å². The monoisotopic (exact) mass is 380 g/mol. The second-order valence-electron chi connectivity index (χ2n) is 4.42. The molecule has 0 saturated carbocycles. The van der Waals surface area contributed by atoms with Crippen molar-refractivity contribution in [1.82, 2.24) is 0 Å². The third-order valence-corrected chi connectivity index (χ3v) is 5.29. The molecule has 0 atom stereocenters. The van der Waals surface area contributed by atoms with E-state index in [-0.39, 0.29) is 18.0 Å². The molecule has 5 nitrogen and oxygen atoms in total. The van der Waals surface area contributed by atoms with Crippen LogP contribution in [-0.2, 0) is 10.0 Å². The summed E-state index contributed by atoms with van der Waals surface area (Å²) in [4.78, 5) is 0.125. The fraction of sp³-hybridized carbons (Fsp3) is 0.133. The number of nitriles is 1. The second-order valence-corrected chi connectivity index (χ2v) is 7.19. The minimum Gasteiger partial charge on any atom is -0.394 e. The van der Waals surface area contributed by atoms with Gasteiger partial charge in [-0.3, -0.25) is 4.31 Å². The number of halogens is 1. The summed E-state index contributed by atoms with van der Waals surface area (Å²) in [5, 5.41) is 18.0. The van der Waals surface area contributed by atoms with E-state index >= 15 is 0 Å². The Kier molecular flexibility index (Phi) is 5.19. The van der Waals surface area contributed by atoms with Gasteiger partial charge in [0.05, 0.1) is 35.4 Å². The molecule has 0 radical (unpaired) electrons. The van der Waals surface area contributed by atoms with Gasteiger partial charge in [0.2, 0.25) is 0 Å². The zero-order valence-corrected chi connectivity index (χ0v) is 13.9. The van der Waals surface area contributed by atoms with Gasteiger partial charge in [0.25, 0.3) is 10.0 Å². The van der Waals surface area contributed by atoms with Crippen LogP contribution in [0.15, 0.2) is 57.9 Å². The first-order valence-electron chi connectivity index (χ1n) is 6.38. The maximum absolute atomic E-state index is 12.8. The molecule has 0 saturated heterocycles. The quantitative estimate of drug-likeness (QED) is 0.863. The molecule has 2 aromatic carbocycles. The highest BCUT2D eigenvalue weighted by Gasteiger charge is 2.24. The van der Waals surface area contributed by atoms with Gasteiger partial charge in [0.15, 0.2) is 0 Å². The van der Waals surface area contributed by atoms with Crippen LogP contribution < -0.4 is 4.31 Å². The number of hydrogen-bond acceptors (Lipinski definition) is 4. The molecule has 0 aliphatic carbocycles. The predicted molar refractivity (Wildman–Crippen MR) is 86.9 cm³/mol. The number of sulfonamides is 1. The van der Waals surface area contributed by atoms with Crippen molar-refractivity contribution < 1.29 is 13.5 Å². The average molecular weight is 381 g/mol. The van der Waals surface area contributed by atoms with Crippen LogP contribution in [0.25, 0.3) is 0 Å². The summed E-state index contributed by atoms with van der Waals surface area (Å²) in [5.41, 5.74) is 0.834. The van der Waals surface area contributed by atoms with Crippen LogP contribution in [0.4, 0.5) is 5.69 Å². The molecule has 0 spiro atoms. The number of nitrogens with zero attached hydrogens (tertiary/aromatic N) is 2. The predicted octanol–water partition coefficient (Wildman–Crippen LogP) is 2.51. The van der Waals surface area contributed by atoms with Gasteiger partial charge in [0, 0.05) is 4.47 Å². The van der Waals surface area contributed by atoms with Gasteiger partial charge in [-0.2, -0.15) is 5.26 Å². The van der Waals surface area contributed by atoms with Crippen molar-refractivity contribution in [2.24, 2.45) is 0 Å². The second kappa shape index (κ2) is 6.92. The van der Waals surface area contributed by atoms with Crippen molar-refractivity contribution in [2.45, 2.75) is 4.90 Å². The molecule has 0 aromatic heterocycles. The minimum absolute atomic E-state index is 0.0687. The molecule has 7 heteroatoms. The lowest BCUT2D eigenvalue weighted by molar-refractivity contribution is 0.306. The first-order valence-corrected chi connectivity index (χ1v) is 8.61. The Hall–Kier alpha value is -1.88. The number of anilines is 1. The first kappa shape index (κ1) is 16.5. The Morgan fingerprint density at radius 1 is 1.18 bits per heavy atom. The van der Waals surface area contributed by atoms with Gasteiger partial charge in [0.1, 0.15) is 0 Å².